The van der Waals surface area contributed by atoms with Crippen LogP contribution in [0.1, 0.15) is 28.8 Å². The Morgan fingerprint density at radius 1 is 0.903 bits per heavy atom. The van der Waals surface area contributed by atoms with Crippen molar-refractivity contribution in [3.8, 4) is 22.9 Å². The summed E-state index contributed by atoms with van der Waals surface area (Å²) >= 11 is 0. The SMILES string of the molecule is N#Cc1ccc(-c2ccc(OC(=O)c3cccc(S(=O)(=O)N4CCCC4)c3)cc2)cc1. The number of hydrogen-bond acceptors (Lipinski definition) is 5. The van der Waals surface area contributed by atoms with Crippen molar-refractivity contribution < 1.29 is 17.9 Å². The molecule has 1 fully saturated rings. The summed E-state index contributed by atoms with van der Waals surface area (Å²) in [6, 6.07) is 22.2. The normalized spacial score (nSPS) is 14.2. The van der Waals surface area contributed by atoms with Crippen molar-refractivity contribution in [2.24, 2.45) is 0 Å². The first kappa shape index (κ1) is 20.8. The fourth-order valence-electron chi connectivity index (χ4n) is 3.48. The van der Waals surface area contributed by atoms with Gasteiger partial charge in [-0.05, 0) is 66.4 Å². The van der Waals surface area contributed by atoms with E-state index in [0.717, 1.165) is 24.0 Å². The monoisotopic (exact) mass is 432 g/mol. The molecule has 0 bridgehead atoms. The number of benzene rings is 3. The topological polar surface area (TPSA) is 87.5 Å². The molecule has 0 N–H and O–H groups in total. The van der Waals surface area contributed by atoms with Gasteiger partial charge in [-0.25, -0.2) is 13.2 Å². The van der Waals surface area contributed by atoms with Gasteiger partial charge in [0.25, 0.3) is 0 Å². The molecule has 7 heteroatoms. The van der Waals surface area contributed by atoms with Gasteiger partial charge in [0.05, 0.1) is 22.1 Å². The van der Waals surface area contributed by atoms with Gasteiger partial charge in [-0.15, -0.1) is 0 Å². The number of sulfonamides is 1. The van der Waals surface area contributed by atoms with E-state index >= 15 is 0 Å². The van der Waals surface area contributed by atoms with Crippen LogP contribution in [0.5, 0.6) is 5.75 Å². The van der Waals surface area contributed by atoms with Crippen molar-refractivity contribution in [1.82, 2.24) is 4.31 Å². The molecule has 1 heterocycles. The molecule has 0 aliphatic carbocycles. The molecule has 31 heavy (non-hydrogen) atoms. The standard InChI is InChI=1S/C24H20N2O4S/c25-17-18-6-8-19(9-7-18)20-10-12-22(13-11-20)30-24(27)21-4-3-5-23(16-21)31(28,29)26-14-1-2-15-26/h3-13,16H,1-2,14-15H2. The summed E-state index contributed by atoms with van der Waals surface area (Å²) in [5.74, 6) is -0.264. The minimum atomic E-state index is -3.60. The van der Waals surface area contributed by atoms with Crippen LogP contribution < -0.4 is 4.74 Å². The van der Waals surface area contributed by atoms with Gasteiger partial charge in [0.2, 0.25) is 10.0 Å². The molecule has 0 radical (unpaired) electrons. The third-order valence-electron chi connectivity index (χ3n) is 5.18. The summed E-state index contributed by atoms with van der Waals surface area (Å²) < 4.78 is 32.3. The zero-order valence-corrected chi connectivity index (χ0v) is 17.5. The van der Waals surface area contributed by atoms with Crippen molar-refractivity contribution >= 4 is 16.0 Å². The predicted octanol–water partition coefficient (Wildman–Crippen LogP) is 4.23. The maximum Gasteiger partial charge on any atom is 0.343 e. The van der Waals surface area contributed by atoms with Crippen LogP contribution in [-0.2, 0) is 10.0 Å². The number of carbonyl (C=O) groups excluding carboxylic acids is 1. The highest BCUT2D eigenvalue weighted by atomic mass is 32.2. The first-order chi connectivity index (χ1) is 15.0. The minimum Gasteiger partial charge on any atom is -0.423 e. The van der Waals surface area contributed by atoms with Gasteiger partial charge in [0, 0.05) is 13.1 Å². The molecule has 1 aliphatic rings. The highest BCUT2D eigenvalue weighted by Gasteiger charge is 2.27. The van der Waals surface area contributed by atoms with Crippen molar-refractivity contribution in [1.29, 1.82) is 5.26 Å². The lowest BCUT2D eigenvalue weighted by Gasteiger charge is -2.15. The molecular formula is C24H20N2O4S. The van der Waals surface area contributed by atoms with Crippen molar-refractivity contribution in [3.05, 3.63) is 83.9 Å². The molecule has 1 saturated heterocycles. The van der Waals surface area contributed by atoms with E-state index < -0.39 is 16.0 Å². The van der Waals surface area contributed by atoms with E-state index in [4.69, 9.17) is 10.00 Å². The molecule has 0 amide bonds. The molecule has 1 aliphatic heterocycles. The lowest BCUT2D eigenvalue weighted by atomic mass is 10.0. The van der Waals surface area contributed by atoms with Crippen LogP contribution in [0.4, 0.5) is 0 Å². The Hall–Kier alpha value is -3.47. The molecule has 0 atom stereocenters. The van der Waals surface area contributed by atoms with Crippen LogP contribution in [0.2, 0.25) is 0 Å². The molecule has 3 aromatic carbocycles. The maximum absolute atomic E-state index is 12.7. The number of ether oxygens (including phenoxy) is 1. The molecule has 4 rings (SSSR count). The molecule has 0 spiro atoms. The van der Waals surface area contributed by atoms with Crippen LogP contribution in [0, 0.1) is 11.3 Å². The molecule has 0 saturated carbocycles. The first-order valence-corrected chi connectivity index (χ1v) is 11.3. The zero-order chi connectivity index (χ0) is 21.8. The van der Waals surface area contributed by atoms with Gasteiger partial charge in [0.1, 0.15) is 5.75 Å². The van der Waals surface area contributed by atoms with Crippen molar-refractivity contribution in [3.63, 3.8) is 0 Å². The smallest absolute Gasteiger partial charge is 0.343 e. The van der Waals surface area contributed by atoms with E-state index in [1.165, 1.54) is 22.5 Å². The predicted molar refractivity (Wildman–Crippen MR) is 116 cm³/mol. The van der Waals surface area contributed by atoms with Gasteiger partial charge in [-0.1, -0.05) is 30.3 Å². The van der Waals surface area contributed by atoms with Gasteiger partial charge in [-0.3, -0.25) is 0 Å². The summed E-state index contributed by atoms with van der Waals surface area (Å²) in [4.78, 5) is 12.7. The van der Waals surface area contributed by atoms with E-state index in [-0.39, 0.29) is 10.5 Å². The molecule has 0 aromatic heterocycles. The van der Waals surface area contributed by atoms with E-state index in [0.29, 0.717) is 24.4 Å². The van der Waals surface area contributed by atoms with Crippen molar-refractivity contribution in [2.75, 3.05) is 13.1 Å². The van der Waals surface area contributed by atoms with Crippen LogP contribution in [0.25, 0.3) is 11.1 Å². The van der Waals surface area contributed by atoms with Crippen LogP contribution in [-0.4, -0.2) is 31.8 Å². The summed E-state index contributed by atoms with van der Waals surface area (Å²) in [6.07, 6.45) is 1.69. The number of esters is 1. The Morgan fingerprint density at radius 2 is 1.52 bits per heavy atom. The second kappa shape index (κ2) is 8.72. The Balaban J connectivity index is 1.49. The molecule has 0 unspecified atom stereocenters. The zero-order valence-electron chi connectivity index (χ0n) is 16.7. The Kier molecular flexibility index (Phi) is 5.85. The largest absolute Gasteiger partial charge is 0.423 e. The highest BCUT2D eigenvalue weighted by Crippen LogP contribution is 2.25. The van der Waals surface area contributed by atoms with Crippen LogP contribution >= 0.6 is 0 Å². The number of hydrogen-bond donors (Lipinski definition) is 0. The molecule has 6 nitrogen and oxygen atoms in total. The van der Waals surface area contributed by atoms with E-state index in [9.17, 15) is 13.2 Å². The van der Waals surface area contributed by atoms with Gasteiger partial charge >= 0.3 is 5.97 Å². The summed E-state index contributed by atoms with van der Waals surface area (Å²) in [5, 5.41) is 8.90. The summed E-state index contributed by atoms with van der Waals surface area (Å²) in [6.45, 7) is 1.01. The third kappa shape index (κ3) is 4.50. The highest BCUT2D eigenvalue weighted by molar-refractivity contribution is 7.89. The van der Waals surface area contributed by atoms with Crippen LogP contribution in [0.3, 0.4) is 0 Å². The Bertz CT molecular complexity index is 1240. The fraction of sp³-hybridized carbons (Fsp3) is 0.167. The van der Waals surface area contributed by atoms with Crippen LogP contribution in [0.15, 0.2) is 77.7 Å². The average molecular weight is 433 g/mol. The Labute approximate surface area is 181 Å². The second-order valence-electron chi connectivity index (χ2n) is 7.24. The molecular weight excluding hydrogens is 412 g/mol. The molecule has 156 valence electrons. The van der Waals surface area contributed by atoms with Gasteiger partial charge in [-0.2, -0.15) is 9.57 Å². The number of nitriles is 1. The average Bonchev–Trinajstić information content (AvgIpc) is 3.36. The summed E-state index contributed by atoms with van der Waals surface area (Å²) in [7, 11) is -3.60. The third-order valence-corrected chi connectivity index (χ3v) is 7.08. The lowest BCUT2D eigenvalue weighted by molar-refractivity contribution is 0.0734. The lowest BCUT2D eigenvalue weighted by Crippen LogP contribution is -2.28. The number of rotatable bonds is 5. The van der Waals surface area contributed by atoms with Crippen molar-refractivity contribution in [2.45, 2.75) is 17.7 Å². The number of nitrogens with zero attached hydrogens (tertiary/aromatic N) is 2. The van der Waals surface area contributed by atoms with E-state index in [1.807, 2.05) is 24.3 Å². The quantitative estimate of drug-likeness (QED) is 0.445. The van der Waals surface area contributed by atoms with E-state index in [1.54, 1.807) is 30.3 Å². The fourth-order valence-corrected chi connectivity index (χ4v) is 5.04. The second-order valence-corrected chi connectivity index (χ2v) is 9.18. The van der Waals surface area contributed by atoms with E-state index in [2.05, 4.69) is 6.07 Å². The van der Waals surface area contributed by atoms with Gasteiger partial charge < -0.3 is 4.74 Å². The number of carbonyl (C=O) groups is 1. The molecule has 3 aromatic rings. The minimum absolute atomic E-state index is 0.0972. The Morgan fingerprint density at radius 3 is 2.13 bits per heavy atom. The first-order valence-electron chi connectivity index (χ1n) is 9.90. The van der Waals surface area contributed by atoms with Gasteiger partial charge in [0.15, 0.2) is 0 Å². The summed E-state index contributed by atoms with van der Waals surface area (Å²) in [5.41, 5.74) is 2.62. The maximum atomic E-state index is 12.7.